The predicted molar refractivity (Wildman–Crippen MR) is 162 cm³/mol. The fourth-order valence-corrected chi connectivity index (χ4v) is 6.22. The highest BCUT2D eigenvalue weighted by Crippen LogP contribution is 2.28. The number of carbonyl (C=O) groups excluding carboxylic acids is 3. The highest BCUT2D eigenvalue weighted by atomic mass is 16.4. The van der Waals surface area contributed by atoms with E-state index in [1.807, 2.05) is 84.9 Å². The van der Waals surface area contributed by atoms with Crippen LogP contribution in [0.1, 0.15) is 41.5 Å². The Hall–Kier alpha value is -4.50. The number of carboxylic acids is 1. The average molecular weight is 583 g/mol. The molecule has 0 spiro atoms. The second kappa shape index (κ2) is 13.6. The lowest BCUT2D eigenvalue weighted by atomic mass is 9.92. The highest BCUT2D eigenvalue weighted by molar-refractivity contribution is 5.94. The van der Waals surface area contributed by atoms with E-state index in [-0.39, 0.29) is 24.8 Å². The fraction of sp³-hybridized carbons (Fsp3) is 0.353. The molecule has 2 aliphatic heterocycles. The predicted octanol–water partition coefficient (Wildman–Crippen LogP) is 2.70. The van der Waals surface area contributed by atoms with Crippen molar-refractivity contribution in [3.05, 3.63) is 107 Å². The van der Waals surface area contributed by atoms with Gasteiger partial charge in [-0.1, -0.05) is 84.9 Å². The molecule has 4 N–H and O–H groups in total. The Bertz CT molecular complexity index is 1450. The van der Waals surface area contributed by atoms with Crippen molar-refractivity contribution in [3.8, 4) is 0 Å². The number of carbonyl (C=O) groups is 4. The summed E-state index contributed by atoms with van der Waals surface area (Å²) < 4.78 is 0. The van der Waals surface area contributed by atoms with Gasteiger partial charge in [-0.2, -0.15) is 0 Å². The molecule has 1 fully saturated rings. The van der Waals surface area contributed by atoms with Gasteiger partial charge < -0.3 is 26.0 Å². The Morgan fingerprint density at radius 3 is 2.07 bits per heavy atom. The third kappa shape index (κ3) is 7.29. The molecule has 0 saturated carbocycles. The summed E-state index contributed by atoms with van der Waals surface area (Å²) in [7, 11) is 0. The molecule has 9 heteroatoms. The number of likely N-dealkylation sites (tertiary alicyclic amines) is 1. The van der Waals surface area contributed by atoms with Crippen LogP contribution in [0.5, 0.6) is 0 Å². The average Bonchev–Trinajstić information content (AvgIpc) is 3.50. The second-order valence-electron chi connectivity index (χ2n) is 11.4. The van der Waals surface area contributed by atoms with Crippen LogP contribution in [0.2, 0.25) is 0 Å². The summed E-state index contributed by atoms with van der Waals surface area (Å²) in [5.74, 6) is -1.98. The first-order valence-electron chi connectivity index (χ1n) is 14.8. The number of fused-ring (bicyclic) bond motifs is 1. The van der Waals surface area contributed by atoms with E-state index in [0.717, 1.165) is 22.3 Å². The van der Waals surface area contributed by atoms with Crippen molar-refractivity contribution in [1.29, 1.82) is 0 Å². The molecule has 0 bridgehead atoms. The van der Waals surface area contributed by atoms with Crippen molar-refractivity contribution in [2.45, 2.75) is 69.2 Å². The van der Waals surface area contributed by atoms with Crippen molar-refractivity contribution in [3.63, 3.8) is 0 Å². The van der Waals surface area contributed by atoms with Crippen LogP contribution < -0.4 is 11.1 Å². The summed E-state index contributed by atoms with van der Waals surface area (Å²) in [5.41, 5.74) is 10.1. The highest BCUT2D eigenvalue weighted by Gasteiger charge is 2.43. The normalized spacial score (nSPS) is 19.3. The monoisotopic (exact) mass is 582 g/mol. The number of nitrogens with zero attached hydrogens (tertiary/aromatic N) is 2. The Balaban J connectivity index is 1.35. The number of nitrogens with one attached hydrogen (secondary N) is 1. The molecule has 2 heterocycles. The third-order valence-electron chi connectivity index (χ3n) is 8.36. The molecule has 5 rings (SSSR count). The summed E-state index contributed by atoms with van der Waals surface area (Å²) in [6.45, 7) is 0.654. The van der Waals surface area contributed by atoms with Crippen molar-refractivity contribution in [1.82, 2.24) is 15.1 Å². The number of rotatable bonds is 10. The van der Waals surface area contributed by atoms with E-state index >= 15 is 0 Å². The maximum Gasteiger partial charge on any atom is 0.305 e. The Morgan fingerprint density at radius 1 is 0.814 bits per heavy atom. The minimum atomic E-state index is -1.02. The minimum Gasteiger partial charge on any atom is -0.481 e. The third-order valence-corrected chi connectivity index (χ3v) is 8.36. The largest absolute Gasteiger partial charge is 0.481 e. The molecule has 3 aromatic rings. The van der Waals surface area contributed by atoms with Crippen LogP contribution in [0.4, 0.5) is 0 Å². The summed E-state index contributed by atoms with van der Waals surface area (Å²) in [4.78, 5) is 56.3. The smallest absolute Gasteiger partial charge is 0.305 e. The molecule has 0 radical (unpaired) electrons. The van der Waals surface area contributed by atoms with E-state index in [1.165, 1.54) is 0 Å². The van der Waals surface area contributed by atoms with Crippen LogP contribution in [0.15, 0.2) is 84.9 Å². The van der Waals surface area contributed by atoms with Gasteiger partial charge in [-0.15, -0.1) is 0 Å². The second-order valence-corrected chi connectivity index (χ2v) is 11.4. The van der Waals surface area contributed by atoms with Crippen molar-refractivity contribution >= 4 is 23.7 Å². The van der Waals surface area contributed by atoms with Crippen LogP contribution in [0, 0.1) is 0 Å². The number of carboxylic acid groups (broad SMARTS) is 1. The molecule has 43 heavy (non-hydrogen) atoms. The van der Waals surface area contributed by atoms with Crippen LogP contribution >= 0.6 is 0 Å². The molecule has 1 saturated heterocycles. The van der Waals surface area contributed by atoms with E-state index in [9.17, 15) is 24.3 Å². The van der Waals surface area contributed by atoms with Gasteiger partial charge in [-0.05, 0) is 47.9 Å². The molecule has 9 nitrogen and oxygen atoms in total. The standard InChI is InChI=1S/C34H38N4O5/c35-28(19-24-12-5-2-6-13-24)33(42)37-17-9-16-29(37)34(43)38-22-26-15-8-7-14-25(26)20-30(38)32(41)36-27(21-31(39)40)18-23-10-3-1-4-11-23/h1-8,10-15,27-30H,9,16-22,35H2,(H,36,41)(H,39,40)/t27-,28-,29-,30-/m0/s1. The van der Waals surface area contributed by atoms with Gasteiger partial charge in [0.1, 0.15) is 12.1 Å². The van der Waals surface area contributed by atoms with Crippen LogP contribution in [0.3, 0.4) is 0 Å². The maximum absolute atomic E-state index is 14.2. The lowest BCUT2D eigenvalue weighted by molar-refractivity contribution is -0.149. The van der Waals surface area contributed by atoms with Gasteiger partial charge in [-0.3, -0.25) is 19.2 Å². The van der Waals surface area contributed by atoms with E-state index in [1.54, 1.807) is 9.80 Å². The lowest BCUT2D eigenvalue weighted by Crippen LogP contribution is -2.59. The van der Waals surface area contributed by atoms with Gasteiger partial charge in [0.15, 0.2) is 0 Å². The molecule has 2 aliphatic rings. The number of aliphatic carboxylic acids is 1. The Morgan fingerprint density at radius 2 is 1.42 bits per heavy atom. The van der Waals surface area contributed by atoms with Crippen molar-refractivity contribution in [2.75, 3.05) is 6.54 Å². The number of amides is 3. The molecule has 224 valence electrons. The number of hydrogen-bond acceptors (Lipinski definition) is 5. The molecular weight excluding hydrogens is 544 g/mol. The van der Waals surface area contributed by atoms with Gasteiger partial charge in [-0.25, -0.2) is 0 Å². The lowest BCUT2D eigenvalue weighted by Gasteiger charge is -2.39. The van der Waals surface area contributed by atoms with Gasteiger partial charge in [0.05, 0.1) is 12.5 Å². The summed E-state index contributed by atoms with van der Waals surface area (Å²) in [6, 6.07) is 23.6. The molecule has 0 aromatic heterocycles. The zero-order chi connectivity index (χ0) is 30.3. The quantitative estimate of drug-likeness (QED) is 0.337. The number of hydrogen-bond donors (Lipinski definition) is 3. The molecule has 0 unspecified atom stereocenters. The van der Waals surface area contributed by atoms with E-state index in [2.05, 4.69) is 5.32 Å². The van der Waals surface area contributed by atoms with Crippen molar-refractivity contribution in [2.24, 2.45) is 5.73 Å². The minimum absolute atomic E-state index is 0.226. The molecule has 3 amide bonds. The molecule has 3 aromatic carbocycles. The first-order valence-corrected chi connectivity index (χ1v) is 14.8. The van der Waals surface area contributed by atoms with E-state index in [4.69, 9.17) is 5.73 Å². The first-order chi connectivity index (χ1) is 20.8. The summed E-state index contributed by atoms with van der Waals surface area (Å²) in [5, 5.41) is 12.5. The fourth-order valence-electron chi connectivity index (χ4n) is 6.22. The van der Waals surface area contributed by atoms with E-state index in [0.29, 0.717) is 38.6 Å². The topological polar surface area (TPSA) is 133 Å². The van der Waals surface area contributed by atoms with Gasteiger partial charge >= 0.3 is 5.97 Å². The van der Waals surface area contributed by atoms with Gasteiger partial charge in [0.2, 0.25) is 17.7 Å². The Labute approximate surface area is 251 Å². The first kappa shape index (κ1) is 30.0. The maximum atomic E-state index is 14.2. The van der Waals surface area contributed by atoms with E-state index < -0.39 is 36.0 Å². The summed E-state index contributed by atoms with van der Waals surface area (Å²) >= 11 is 0. The Kier molecular flexibility index (Phi) is 9.51. The molecular formula is C34H38N4O5. The summed E-state index contributed by atoms with van der Waals surface area (Å²) in [6.07, 6.45) is 1.92. The molecule has 0 aliphatic carbocycles. The number of benzene rings is 3. The molecule has 4 atom stereocenters. The van der Waals surface area contributed by atoms with Crippen molar-refractivity contribution < 1.29 is 24.3 Å². The van der Waals surface area contributed by atoms with Crippen LogP contribution in [-0.4, -0.2) is 69.3 Å². The van der Waals surface area contributed by atoms with Crippen LogP contribution in [0.25, 0.3) is 0 Å². The zero-order valence-corrected chi connectivity index (χ0v) is 24.1. The van der Waals surface area contributed by atoms with Gasteiger partial charge in [0.25, 0.3) is 0 Å². The van der Waals surface area contributed by atoms with Crippen LogP contribution in [-0.2, 0) is 45.0 Å². The zero-order valence-electron chi connectivity index (χ0n) is 24.1. The SMILES string of the molecule is N[C@@H](Cc1ccccc1)C(=O)N1CCC[C@H]1C(=O)N1Cc2ccccc2C[C@H]1C(=O)N[C@H](CC(=O)O)Cc1ccccc1. The van der Waals surface area contributed by atoms with Gasteiger partial charge in [0, 0.05) is 25.6 Å². The number of nitrogens with two attached hydrogens (primary N) is 1.